The Labute approximate surface area is 96.8 Å². The van der Waals surface area contributed by atoms with E-state index in [1.54, 1.807) is 6.92 Å². The fraction of sp³-hybridized carbons (Fsp3) is 0.615. The molecule has 3 nitrogen and oxygen atoms in total. The molecule has 0 amide bonds. The minimum Gasteiger partial charge on any atom is -0.428 e. The molecule has 3 heteroatoms. The fourth-order valence-electron chi connectivity index (χ4n) is 2.52. The van der Waals surface area contributed by atoms with E-state index in [-0.39, 0.29) is 5.97 Å². The van der Waals surface area contributed by atoms with Crippen LogP contribution in [0.5, 0.6) is 0 Å². The van der Waals surface area contributed by atoms with Crippen LogP contribution in [-0.4, -0.2) is 30.5 Å². The van der Waals surface area contributed by atoms with Crippen LogP contribution in [0.4, 0.5) is 0 Å². The lowest BCUT2D eigenvalue weighted by Gasteiger charge is -2.27. The molecule has 1 aliphatic carbocycles. The van der Waals surface area contributed by atoms with Crippen molar-refractivity contribution < 1.29 is 9.53 Å². The summed E-state index contributed by atoms with van der Waals surface area (Å²) in [5, 5.41) is 0. The molecule has 0 spiro atoms. The van der Waals surface area contributed by atoms with E-state index in [1.807, 2.05) is 0 Å². The van der Waals surface area contributed by atoms with Crippen molar-refractivity contribution in [2.45, 2.75) is 32.2 Å². The Morgan fingerprint density at radius 2 is 2.31 bits per heavy atom. The number of likely N-dealkylation sites (N-methyl/N-ethyl adjacent to an activating group) is 1. The first-order valence-corrected chi connectivity index (χ1v) is 5.86. The lowest BCUT2D eigenvalue weighted by molar-refractivity contribution is -0.135. The minimum absolute atomic E-state index is 0.301. The molecule has 0 bridgehead atoms. The topological polar surface area (TPSA) is 29.5 Å². The number of fused-ring (bicyclic) bond motifs is 1. The number of carbonyl (C=O) groups excluding carboxylic acids is 1. The van der Waals surface area contributed by atoms with Crippen molar-refractivity contribution in [1.82, 2.24) is 4.90 Å². The van der Waals surface area contributed by atoms with E-state index in [4.69, 9.17) is 4.74 Å². The molecule has 0 saturated carbocycles. The van der Waals surface area contributed by atoms with Crippen LogP contribution in [0.15, 0.2) is 24.0 Å². The summed E-state index contributed by atoms with van der Waals surface area (Å²) in [7, 11) is 2.13. The highest BCUT2D eigenvalue weighted by atomic mass is 16.5. The Morgan fingerprint density at radius 3 is 3.00 bits per heavy atom. The Bertz CT molecular complexity index is 346. The van der Waals surface area contributed by atoms with Crippen molar-refractivity contribution in [3.05, 3.63) is 24.0 Å². The number of esters is 1. The number of nitrogens with zero attached hydrogens (tertiary/aromatic N) is 1. The van der Waals surface area contributed by atoms with Crippen LogP contribution >= 0.6 is 0 Å². The first-order valence-electron chi connectivity index (χ1n) is 5.86. The van der Waals surface area contributed by atoms with Crippen LogP contribution in [0.1, 0.15) is 26.2 Å². The molecule has 1 heterocycles. The second kappa shape index (κ2) is 4.42. The summed E-state index contributed by atoms with van der Waals surface area (Å²) in [5.41, 5.74) is 0.461. The molecule has 2 atom stereocenters. The molecular weight excluding hydrogens is 202 g/mol. The number of hydrogen-bond acceptors (Lipinski definition) is 3. The van der Waals surface area contributed by atoms with Gasteiger partial charge in [0.15, 0.2) is 0 Å². The predicted molar refractivity (Wildman–Crippen MR) is 62.7 cm³/mol. The van der Waals surface area contributed by atoms with Gasteiger partial charge in [-0.25, -0.2) is 4.79 Å². The molecule has 2 rings (SSSR count). The minimum atomic E-state index is -0.301. The zero-order valence-electron chi connectivity index (χ0n) is 10.0. The lowest BCUT2D eigenvalue weighted by Crippen LogP contribution is -2.30. The summed E-state index contributed by atoms with van der Waals surface area (Å²) >= 11 is 0. The smallest absolute Gasteiger partial charge is 0.338 e. The largest absolute Gasteiger partial charge is 0.428 e. The van der Waals surface area contributed by atoms with E-state index in [0.29, 0.717) is 11.6 Å². The summed E-state index contributed by atoms with van der Waals surface area (Å²) in [4.78, 5) is 13.7. The molecule has 0 radical (unpaired) electrons. The van der Waals surface area contributed by atoms with Gasteiger partial charge in [0.05, 0.1) is 0 Å². The zero-order chi connectivity index (χ0) is 11.7. The maximum Gasteiger partial charge on any atom is 0.338 e. The number of allylic oxidation sites excluding steroid dienone is 1. The number of carbonyl (C=O) groups is 1. The third-order valence-electron chi connectivity index (χ3n) is 3.53. The standard InChI is InChI=1S/C13H19NO2/c1-9(2)13(15)16-11-5-4-10-6-7-14(3)12(10)8-11/h8,10,12H,1,4-7H2,2-3H3. The van der Waals surface area contributed by atoms with Crippen LogP contribution in [0.25, 0.3) is 0 Å². The Balaban J connectivity index is 2.04. The molecule has 0 aromatic carbocycles. The van der Waals surface area contributed by atoms with E-state index in [2.05, 4.69) is 24.6 Å². The Kier molecular flexibility index (Phi) is 3.15. The molecule has 1 fully saturated rings. The van der Waals surface area contributed by atoms with Gasteiger partial charge in [-0.2, -0.15) is 0 Å². The van der Waals surface area contributed by atoms with E-state index >= 15 is 0 Å². The highest BCUT2D eigenvalue weighted by Crippen LogP contribution is 2.34. The maximum absolute atomic E-state index is 11.4. The molecule has 1 aliphatic heterocycles. The second-order valence-corrected chi connectivity index (χ2v) is 4.86. The first kappa shape index (κ1) is 11.4. The third kappa shape index (κ3) is 2.19. The number of hydrogen-bond donors (Lipinski definition) is 0. The number of rotatable bonds is 2. The summed E-state index contributed by atoms with van der Waals surface area (Å²) in [6.45, 7) is 6.41. The quantitative estimate of drug-likeness (QED) is 0.528. The summed E-state index contributed by atoms with van der Waals surface area (Å²) in [5.74, 6) is 1.27. The molecule has 1 saturated heterocycles. The maximum atomic E-state index is 11.4. The Hall–Kier alpha value is -1.09. The molecule has 16 heavy (non-hydrogen) atoms. The van der Waals surface area contributed by atoms with Crippen molar-refractivity contribution >= 4 is 5.97 Å². The zero-order valence-corrected chi connectivity index (χ0v) is 10.0. The lowest BCUT2D eigenvalue weighted by atomic mass is 9.89. The monoisotopic (exact) mass is 221 g/mol. The molecule has 0 aromatic heterocycles. The summed E-state index contributed by atoms with van der Waals surface area (Å²) < 4.78 is 5.31. The van der Waals surface area contributed by atoms with E-state index in [9.17, 15) is 4.79 Å². The second-order valence-electron chi connectivity index (χ2n) is 4.86. The van der Waals surface area contributed by atoms with Gasteiger partial charge in [-0.05, 0) is 45.4 Å². The molecule has 2 aliphatic rings. The van der Waals surface area contributed by atoms with Crippen LogP contribution in [0.3, 0.4) is 0 Å². The van der Waals surface area contributed by atoms with Gasteiger partial charge in [0, 0.05) is 18.0 Å². The average molecular weight is 221 g/mol. The van der Waals surface area contributed by atoms with Gasteiger partial charge in [0.25, 0.3) is 0 Å². The third-order valence-corrected chi connectivity index (χ3v) is 3.53. The van der Waals surface area contributed by atoms with Gasteiger partial charge in [-0.15, -0.1) is 0 Å². The summed E-state index contributed by atoms with van der Waals surface area (Å²) in [6.07, 6.45) is 5.39. The van der Waals surface area contributed by atoms with Crippen LogP contribution in [0, 0.1) is 5.92 Å². The first-order chi connectivity index (χ1) is 7.58. The van der Waals surface area contributed by atoms with Crippen LogP contribution < -0.4 is 0 Å². The summed E-state index contributed by atoms with van der Waals surface area (Å²) in [6, 6.07) is 0.460. The molecule has 0 N–H and O–H groups in total. The van der Waals surface area contributed by atoms with E-state index in [1.165, 1.54) is 6.42 Å². The molecule has 88 valence electrons. The van der Waals surface area contributed by atoms with E-state index in [0.717, 1.165) is 31.1 Å². The van der Waals surface area contributed by atoms with Gasteiger partial charge in [0.1, 0.15) is 5.76 Å². The van der Waals surface area contributed by atoms with Gasteiger partial charge < -0.3 is 4.74 Å². The van der Waals surface area contributed by atoms with Crippen molar-refractivity contribution in [2.75, 3.05) is 13.6 Å². The van der Waals surface area contributed by atoms with Crippen LogP contribution in [0.2, 0.25) is 0 Å². The van der Waals surface area contributed by atoms with Crippen molar-refractivity contribution in [3.8, 4) is 0 Å². The van der Waals surface area contributed by atoms with Gasteiger partial charge in [0.2, 0.25) is 0 Å². The van der Waals surface area contributed by atoms with Crippen molar-refractivity contribution in [1.29, 1.82) is 0 Å². The molecule has 2 unspecified atom stereocenters. The highest BCUT2D eigenvalue weighted by molar-refractivity contribution is 5.87. The van der Waals surface area contributed by atoms with Gasteiger partial charge in [-0.1, -0.05) is 6.58 Å². The molecule has 0 aromatic rings. The highest BCUT2D eigenvalue weighted by Gasteiger charge is 2.33. The Morgan fingerprint density at radius 1 is 1.56 bits per heavy atom. The SMILES string of the molecule is C=C(C)C(=O)OC1=CC2C(CC1)CCN2C. The average Bonchev–Trinajstić information content (AvgIpc) is 2.60. The number of likely N-dealkylation sites (tertiary alicyclic amines) is 1. The fourth-order valence-corrected chi connectivity index (χ4v) is 2.52. The van der Waals surface area contributed by atoms with Crippen LogP contribution in [-0.2, 0) is 9.53 Å². The molecular formula is C13H19NO2. The van der Waals surface area contributed by atoms with Gasteiger partial charge in [-0.3, -0.25) is 4.90 Å². The number of ether oxygens (including phenoxy) is 1. The van der Waals surface area contributed by atoms with Crippen molar-refractivity contribution in [3.63, 3.8) is 0 Å². The van der Waals surface area contributed by atoms with Gasteiger partial charge >= 0.3 is 5.97 Å². The van der Waals surface area contributed by atoms with Crippen molar-refractivity contribution in [2.24, 2.45) is 5.92 Å². The normalized spacial score (nSPS) is 29.5. The van der Waals surface area contributed by atoms with E-state index < -0.39 is 0 Å². The predicted octanol–water partition coefficient (Wildman–Crippen LogP) is 2.10.